The first kappa shape index (κ1) is 15.5. The number of carbonyl (C=O) groups excluding carboxylic acids is 1. The Morgan fingerprint density at radius 3 is 2.48 bits per heavy atom. The van der Waals surface area contributed by atoms with Gasteiger partial charge in [0.15, 0.2) is 5.16 Å². The molecule has 2 aromatic rings. The molecule has 110 valence electrons. The second kappa shape index (κ2) is 6.72. The van der Waals surface area contributed by atoms with Crippen molar-refractivity contribution in [3.63, 3.8) is 0 Å². The Bertz CT molecular complexity index is 650. The summed E-state index contributed by atoms with van der Waals surface area (Å²) in [6.07, 6.45) is 0. The Balaban J connectivity index is 1.97. The first-order valence-electron chi connectivity index (χ1n) is 6.77. The SMILES string of the molecule is Cc1cc(C)nc(SCC(=O)Nc2cccc(C)c2C)n1. The van der Waals surface area contributed by atoms with Crippen molar-refractivity contribution in [3.05, 3.63) is 46.8 Å². The number of benzene rings is 1. The van der Waals surface area contributed by atoms with Gasteiger partial charge in [0.05, 0.1) is 5.75 Å². The molecule has 0 radical (unpaired) electrons. The molecule has 21 heavy (non-hydrogen) atoms. The molecule has 0 fully saturated rings. The van der Waals surface area contributed by atoms with Crippen LogP contribution in [0.1, 0.15) is 22.5 Å². The zero-order chi connectivity index (χ0) is 15.4. The van der Waals surface area contributed by atoms with Crippen LogP contribution in [-0.4, -0.2) is 21.6 Å². The molecule has 0 atom stereocenters. The highest BCUT2D eigenvalue weighted by Crippen LogP contribution is 2.19. The molecule has 0 spiro atoms. The average Bonchev–Trinajstić information content (AvgIpc) is 2.41. The summed E-state index contributed by atoms with van der Waals surface area (Å²) in [4.78, 5) is 20.7. The van der Waals surface area contributed by atoms with E-state index in [4.69, 9.17) is 0 Å². The zero-order valence-electron chi connectivity index (χ0n) is 12.7. The van der Waals surface area contributed by atoms with Gasteiger partial charge in [0.25, 0.3) is 0 Å². The highest BCUT2D eigenvalue weighted by Gasteiger charge is 2.08. The van der Waals surface area contributed by atoms with E-state index in [1.54, 1.807) is 0 Å². The molecule has 0 aliphatic carbocycles. The van der Waals surface area contributed by atoms with Gasteiger partial charge in [-0.3, -0.25) is 4.79 Å². The van der Waals surface area contributed by atoms with Gasteiger partial charge in [-0.05, 0) is 51.0 Å². The molecule has 1 aromatic carbocycles. The summed E-state index contributed by atoms with van der Waals surface area (Å²) >= 11 is 1.35. The molecule has 4 nitrogen and oxygen atoms in total. The van der Waals surface area contributed by atoms with Crippen LogP contribution in [0.4, 0.5) is 5.69 Å². The summed E-state index contributed by atoms with van der Waals surface area (Å²) in [5.41, 5.74) is 4.96. The molecule has 0 bridgehead atoms. The number of hydrogen-bond donors (Lipinski definition) is 1. The van der Waals surface area contributed by atoms with Crippen LogP contribution in [0.5, 0.6) is 0 Å². The summed E-state index contributed by atoms with van der Waals surface area (Å²) in [6, 6.07) is 7.81. The number of carbonyl (C=O) groups is 1. The average molecular weight is 301 g/mol. The molecule has 0 saturated heterocycles. The van der Waals surface area contributed by atoms with E-state index in [2.05, 4.69) is 15.3 Å². The predicted molar refractivity (Wildman–Crippen MR) is 86.8 cm³/mol. The number of aromatic nitrogens is 2. The molecule has 1 amide bonds. The lowest BCUT2D eigenvalue weighted by molar-refractivity contribution is -0.113. The lowest BCUT2D eigenvalue weighted by atomic mass is 10.1. The van der Waals surface area contributed by atoms with Crippen LogP contribution in [0.25, 0.3) is 0 Å². The van der Waals surface area contributed by atoms with E-state index in [9.17, 15) is 4.79 Å². The minimum atomic E-state index is -0.0449. The molecule has 0 aliphatic rings. The molecule has 0 unspecified atom stereocenters. The summed E-state index contributed by atoms with van der Waals surface area (Å²) in [5, 5.41) is 3.58. The first-order chi connectivity index (χ1) is 9.95. The molecule has 1 aromatic heterocycles. The number of amides is 1. The Hall–Kier alpha value is -1.88. The third-order valence-corrected chi connectivity index (χ3v) is 4.02. The second-order valence-electron chi connectivity index (χ2n) is 5.02. The van der Waals surface area contributed by atoms with E-state index in [0.717, 1.165) is 28.2 Å². The Labute approximate surface area is 129 Å². The maximum atomic E-state index is 12.0. The van der Waals surface area contributed by atoms with E-state index in [-0.39, 0.29) is 5.91 Å². The molecule has 0 aliphatic heterocycles. The van der Waals surface area contributed by atoms with E-state index in [1.165, 1.54) is 11.8 Å². The van der Waals surface area contributed by atoms with Crippen molar-refractivity contribution < 1.29 is 4.79 Å². The van der Waals surface area contributed by atoms with Crippen LogP contribution in [-0.2, 0) is 4.79 Å². The Morgan fingerprint density at radius 2 is 1.81 bits per heavy atom. The number of rotatable bonds is 4. The first-order valence-corrected chi connectivity index (χ1v) is 7.75. The smallest absolute Gasteiger partial charge is 0.234 e. The second-order valence-corrected chi connectivity index (χ2v) is 5.96. The van der Waals surface area contributed by atoms with Gasteiger partial charge in [0.2, 0.25) is 5.91 Å². The highest BCUT2D eigenvalue weighted by atomic mass is 32.2. The topological polar surface area (TPSA) is 54.9 Å². The minimum Gasteiger partial charge on any atom is -0.325 e. The summed E-state index contributed by atoms with van der Waals surface area (Å²) in [6.45, 7) is 7.89. The number of nitrogens with zero attached hydrogens (tertiary/aromatic N) is 2. The van der Waals surface area contributed by atoms with Crippen LogP contribution in [0.2, 0.25) is 0 Å². The van der Waals surface area contributed by atoms with Crippen molar-refractivity contribution >= 4 is 23.4 Å². The fourth-order valence-electron chi connectivity index (χ4n) is 1.96. The monoisotopic (exact) mass is 301 g/mol. The molecular weight excluding hydrogens is 282 g/mol. The van der Waals surface area contributed by atoms with Crippen molar-refractivity contribution in [2.75, 3.05) is 11.1 Å². The maximum Gasteiger partial charge on any atom is 0.234 e. The van der Waals surface area contributed by atoms with Crippen LogP contribution >= 0.6 is 11.8 Å². The molecule has 1 N–H and O–H groups in total. The molecule has 5 heteroatoms. The molecule has 0 saturated carbocycles. The number of hydrogen-bond acceptors (Lipinski definition) is 4. The molecule has 2 rings (SSSR count). The molecule has 1 heterocycles. The molecular formula is C16H19N3OS. The van der Waals surface area contributed by atoms with E-state index < -0.39 is 0 Å². The number of anilines is 1. The van der Waals surface area contributed by atoms with Crippen molar-refractivity contribution in [1.82, 2.24) is 9.97 Å². The minimum absolute atomic E-state index is 0.0449. The summed E-state index contributed by atoms with van der Waals surface area (Å²) in [7, 11) is 0. The van der Waals surface area contributed by atoms with Gasteiger partial charge in [-0.15, -0.1) is 0 Å². The fraction of sp³-hybridized carbons (Fsp3) is 0.312. The van der Waals surface area contributed by atoms with Crippen LogP contribution in [0.3, 0.4) is 0 Å². The van der Waals surface area contributed by atoms with Crippen molar-refractivity contribution in [2.45, 2.75) is 32.9 Å². The van der Waals surface area contributed by atoms with Crippen molar-refractivity contribution in [2.24, 2.45) is 0 Å². The van der Waals surface area contributed by atoms with Gasteiger partial charge >= 0.3 is 0 Å². The Kier molecular flexibility index (Phi) is 4.96. The number of aryl methyl sites for hydroxylation is 3. The van der Waals surface area contributed by atoms with E-state index in [0.29, 0.717) is 10.9 Å². The maximum absolute atomic E-state index is 12.0. The quantitative estimate of drug-likeness (QED) is 0.694. The highest BCUT2D eigenvalue weighted by molar-refractivity contribution is 7.99. The Morgan fingerprint density at radius 1 is 1.14 bits per heavy atom. The number of nitrogens with one attached hydrogen (secondary N) is 1. The number of thioether (sulfide) groups is 1. The lowest BCUT2D eigenvalue weighted by Gasteiger charge is -2.10. The van der Waals surface area contributed by atoms with Gasteiger partial charge < -0.3 is 5.32 Å². The van der Waals surface area contributed by atoms with Crippen molar-refractivity contribution in [3.8, 4) is 0 Å². The largest absolute Gasteiger partial charge is 0.325 e. The normalized spacial score (nSPS) is 10.5. The van der Waals surface area contributed by atoms with E-state index >= 15 is 0 Å². The standard InChI is InChI=1S/C16H19N3OS/c1-10-6-5-7-14(13(10)4)19-15(20)9-21-16-17-11(2)8-12(3)18-16/h5-8H,9H2,1-4H3,(H,19,20). The third-order valence-electron chi connectivity index (χ3n) is 3.17. The van der Waals surface area contributed by atoms with Gasteiger partial charge in [-0.2, -0.15) is 0 Å². The zero-order valence-corrected chi connectivity index (χ0v) is 13.5. The third kappa shape index (κ3) is 4.29. The fourth-order valence-corrected chi connectivity index (χ4v) is 2.71. The van der Waals surface area contributed by atoms with Gasteiger partial charge in [0, 0.05) is 17.1 Å². The van der Waals surface area contributed by atoms with Crippen molar-refractivity contribution in [1.29, 1.82) is 0 Å². The van der Waals surface area contributed by atoms with E-state index in [1.807, 2.05) is 52.0 Å². The lowest BCUT2D eigenvalue weighted by Crippen LogP contribution is -2.15. The summed E-state index contributed by atoms with van der Waals surface area (Å²) < 4.78 is 0. The van der Waals surface area contributed by atoms with Gasteiger partial charge in [-0.1, -0.05) is 23.9 Å². The van der Waals surface area contributed by atoms with Gasteiger partial charge in [-0.25, -0.2) is 9.97 Å². The van der Waals surface area contributed by atoms with Crippen LogP contribution in [0, 0.1) is 27.7 Å². The van der Waals surface area contributed by atoms with Crippen LogP contribution in [0.15, 0.2) is 29.4 Å². The summed E-state index contributed by atoms with van der Waals surface area (Å²) in [5.74, 6) is 0.257. The van der Waals surface area contributed by atoms with Crippen LogP contribution < -0.4 is 5.32 Å². The van der Waals surface area contributed by atoms with Gasteiger partial charge in [0.1, 0.15) is 0 Å². The predicted octanol–water partition coefficient (Wildman–Crippen LogP) is 3.44.